The number of rotatable bonds is 3. The molecule has 5 aliphatic rings. The lowest BCUT2D eigenvalue weighted by molar-refractivity contribution is -0.181. The van der Waals surface area contributed by atoms with Gasteiger partial charge in [0, 0.05) is 18.1 Å². The van der Waals surface area contributed by atoms with E-state index in [9.17, 15) is 0 Å². The maximum absolute atomic E-state index is 3.18. The molecule has 3 saturated heterocycles. The first kappa shape index (κ1) is 15.2. The van der Waals surface area contributed by atoms with E-state index in [1.54, 1.807) is 19.3 Å². The molecule has 0 radical (unpaired) electrons. The summed E-state index contributed by atoms with van der Waals surface area (Å²) in [5, 5.41) is 0. The summed E-state index contributed by atoms with van der Waals surface area (Å²) in [5.74, 6) is 3.89. The van der Waals surface area contributed by atoms with E-state index in [4.69, 9.17) is 0 Å². The molecule has 2 saturated carbocycles. The van der Waals surface area contributed by atoms with Gasteiger partial charge in [-0.3, -0.25) is 4.90 Å². The van der Waals surface area contributed by atoms with Gasteiger partial charge in [-0.05, 0) is 79.4 Å². The van der Waals surface area contributed by atoms with Gasteiger partial charge in [-0.15, -0.1) is 0 Å². The largest absolute Gasteiger partial charge is 0.293 e. The maximum atomic E-state index is 3.18. The molecule has 1 heteroatoms. The maximum Gasteiger partial charge on any atom is 0.0247 e. The van der Waals surface area contributed by atoms with Gasteiger partial charge >= 0.3 is 0 Å². The molecule has 0 aromatic carbocycles. The Hall–Kier alpha value is -0.0400. The molecule has 0 N–H and O–H groups in total. The third-order valence-corrected chi connectivity index (χ3v) is 10.0. The van der Waals surface area contributed by atoms with Crippen LogP contribution in [0.1, 0.15) is 85.5 Å². The minimum Gasteiger partial charge on any atom is -0.293 e. The molecule has 5 rings (SSSR count). The highest BCUT2D eigenvalue weighted by Crippen LogP contribution is 2.79. The Morgan fingerprint density at radius 1 is 1.09 bits per heavy atom. The van der Waals surface area contributed by atoms with Crippen LogP contribution < -0.4 is 0 Å². The van der Waals surface area contributed by atoms with Crippen molar-refractivity contribution in [3.8, 4) is 0 Å². The van der Waals surface area contributed by atoms with Crippen LogP contribution in [0.5, 0.6) is 0 Å². The van der Waals surface area contributed by atoms with Crippen molar-refractivity contribution in [2.75, 3.05) is 6.54 Å². The van der Waals surface area contributed by atoms with Gasteiger partial charge in [0.15, 0.2) is 0 Å². The van der Waals surface area contributed by atoms with Gasteiger partial charge in [-0.1, -0.05) is 40.5 Å². The van der Waals surface area contributed by atoms with Crippen molar-refractivity contribution in [2.45, 2.75) is 97.1 Å². The van der Waals surface area contributed by atoms with Crippen molar-refractivity contribution in [2.24, 2.45) is 34.5 Å². The van der Waals surface area contributed by atoms with Crippen LogP contribution in [-0.2, 0) is 0 Å². The predicted octanol–water partition coefficient (Wildman–Crippen LogP) is 5.49. The van der Waals surface area contributed by atoms with Gasteiger partial charge in [-0.2, -0.15) is 0 Å². The van der Waals surface area contributed by atoms with Gasteiger partial charge in [-0.25, -0.2) is 0 Å². The number of hydrogen-bond acceptors (Lipinski definition) is 1. The van der Waals surface area contributed by atoms with Crippen LogP contribution in [-0.4, -0.2) is 23.0 Å². The molecule has 8 atom stereocenters. The Morgan fingerprint density at radius 2 is 1.91 bits per heavy atom. The van der Waals surface area contributed by atoms with Crippen LogP contribution in [0.15, 0.2) is 0 Å². The molecule has 0 aromatic heterocycles. The molecule has 23 heavy (non-hydrogen) atoms. The summed E-state index contributed by atoms with van der Waals surface area (Å²) in [6, 6.07) is 0.933. The van der Waals surface area contributed by atoms with E-state index >= 15 is 0 Å². The molecule has 3 heterocycles. The van der Waals surface area contributed by atoms with Gasteiger partial charge in [0.25, 0.3) is 0 Å². The monoisotopic (exact) mass is 315 g/mol. The summed E-state index contributed by atoms with van der Waals surface area (Å²) in [4.78, 5) is 3.18. The SMILES string of the molecule is CCCC12C3C(C(C)C)CCC1(C)C1CCC4(CCCC42)N3C1. The molecule has 130 valence electrons. The highest BCUT2D eigenvalue weighted by Gasteiger charge is 2.79. The Labute approximate surface area is 143 Å². The first-order valence-corrected chi connectivity index (χ1v) is 10.8. The summed E-state index contributed by atoms with van der Waals surface area (Å²) in [6.07, 6.45) is 13.7. The van der Waals surface area contributed by atoms with E-state index in [0.717, 1.165) is 29.7 Å². The minimum atomic E-state index is 0.644. The molecular formula is C22H37N. The molecule has 2 aliphatic carbocycles. The Bertz CT molecular complexity index is 512. The first-order valence-electron chi connectivity index (χ1n) is 10.8. The molecule has 8 unspecified atom stereocenters. The molecule has 5 bridgehead atoms. The Kier molecular flexibility index (Phi) is 3.02. The molecule has 0 aromatic rings. The topological polar surface area (TPSA) is 3.24 Å². The summed E-state index contributed by atoms with van der Waals surface area (Å²) in [5.41, 5.74) is 1.97. The zero-order valence-electron chi connectivity index (χ0n) is 15.9. The van der Waals surface area contributed by atoms with E-state index < -0.39 is 0 Å². The van der Waals surface area contributed by atoms with Crippen LogP contribution >= 0.6 is 0 Å². The van der Waals surface area contributed by atoms with Gasteiger partial charge in [0.05, 0.1) is 0 Å². The summed E-state index contributed by atoms with van der Waals surface area (Å²) < 4.78 is 0. The second-order valence-electron chi connectivity index (χ2n) is 10.5. The van der Waals surface area contributed by atoms with E-state index in [1.165, 1.54) is 45.1 Å². The summed E-state index contributed by atoms with van der Waals surface area (Å²) >= 11 is 0. The zero-order valence-corrected chi connectivity index (χ0v) is 15.9. The standard InChI is InChI=1S/C22H37N/c1-5-10-22-18-7-6-11-21(18)13-8-16-14-23(21)19(22)17(15(2)3)9-12-20(16,22)4/h15-19H,5-14H2,1-4H3. The van der Waals surface area contributed by atoms with Crippen molar-refractivity contribution < 1.29 is 0 Å². The Morgan fingerprint density at radius 3 is 2.65 bits per heavy atom. The van der Waals surface area contributed by atoms with Crippen LogP contribution in [0.3, 0.4) is 0 Å². The van der Waals surface area contributed by atoms with E-state index in [1.807, 2.05) is 0 Å². The molecule has 3 aliphatic heterocycles. The van der Waals surface area contributed by atoms with Crippen LogP contribution in [0, 0.1) is 34.5 Å². The predicted molar refractivity (Wildman–Crippen MR) is 96.3 cm³/mol. The van der Waals surface area contributed by atoms with Crippen molar-refractivity contribution in [3.05, 3.63) is 0 Å². The lowest BCUT2D eigenvalue weighted by Crippen LogP contribution is -2.68. The second kappa shape index (κ2) is 4.57. The smallest absolute Gasteiger partial charge is 0.0247 e. The fraction of sp³-hybridized carbons (Fsp3) is 1.00. The summed E-state index contributed by atoms with van der Waals surface area (Å²) in [6.45, 7) is 11.8. The minimum absolute atomic E-state index is 0.644. The average Bonchev–Trinajstić information content (AvgIpc) is 2.98. The van der Waals surface area contributed by atoms with Crippen LogP contribution in [0.25, 0.3) is 0 Å². The van der Waals surface area contributed by atoms with Crippen molar-refractivity contribution >= 4 is 0 Å². The number of piperidine rings is 2. The van der Waals surface area contributed by atoms with Gasteiger partial charge < -0.3 is 0 Å². The van der Waals surface area contributed by atoms with E-state index in [0.29, 0.717) is 16.4 Å². The lowest BCUT2D eigenvalue weighted by Gasteiger charge is -2.67. The third-order valence-electron chi connectivity index (χ3n) is 10.0. The second-order valence-corrected chi connectivity index (χ2v) is 10.5. The van der Waals surface area contributed by atoms with Gasteiger partial charge in [0.1, 0.15) is 0 Å². The average molecular weight is 316 g/mol. The number of hydrogen-bond donors (Lipinski definition) is 0. The van der Waals surface area contributed by atoms with Crippen molar-refractivity contribution in [3.63, 3.8) is 0 Å². The first-order chi connectivity index (χ1) is 11.0. The van der Waals surface area contributed by atoms with Crippen LogP contribution in [0.2, 0.25) is 0 Å². The quantitative estimate of drug-likeness (QED) is 0.665. The molecule has 1 spiro atoms. The number of nitrogens with zero attached hydrogens (tertiary/aromatic N) is 1. The number of fused-ring (bicyclic) bond motifs is 2. The van der Waals surface area contributed by atoms with E-state index in [2.05, 4.69) is 32.6 Å². The normalized spacial score (nSPS) is 59.6. The highest BCUT2D eigenvalue weighted by atomic mass is 15.3. The Balaban J connectivity index is 1.75. The fourth-order valence-electron chi connectivity index (χ4n) is 9.42. The molecular weight excluding hydrogens is 278 g/mol. The molecule has 1 nitrogen and oxygen atoms in total. The van der Waals surface area contributed by atoms with E-state index in [-0.39, 0.29) is 0 Å². The van der Waals surface area contributed by atoms with Crippen molar-refractivity contribution in [1.29, 1.82) is 0 Å². The third kappa shape index (κ3) is 1.44. The van der Waals surface area contributed by atoms with Crippen LogP contribution in [0.4, 0.5) is 0 Å². The van der Waals surface area contributed by atoms with Gasteiger partial charge in [0.2, 0.25) is 0 Å². The summed E-state index contributed by atoms with van der Waals surface area (Å²) in [7, 11) is 0. The fourth-order valence-corrected chi connectivity index (χ4v) is 9.42. The van der Waals surface area contributed by atoms with Crippen molar-refractivity contribution in [1.82, 2.24) is 4.90 Å². The lowest BCUT2D eigenvalue weighted by atomic mass is 9.42. The molecule has 0 amide bonds. The highest BCUT2D eigenvalue weighted by molar-refractivity contribution is 5.30. The zero-order chi connectivity index (χ0) is 16.0. The molecule has 5 fully saturated rings.